The van der Waals surface area contributed by atoms with Crippen LogP contribution in [0.15, 0.2) is 35.7 Å². The van der Waals surface area contributed by atoms with Crippen LogP contribution >= 0.6 is 11.3 Å². The van der Waals surface area contributed by atoms with Gasteiger partial charge in [-0.05, 0) is 12.8 Å². The predicted molar refractivity (Wildman–Crippen MR) is 84.6 cm³/mol. The van der Waals surface area contributed by atoms with Crippen molar-refractivity contribution in [2.24, 2.45) is 11.8 Å². The van der Waals surface area contributed by atoms with E-state index in [9.17, 15) is 0 Å². The third-order valence-electron chi connectivity index (χ3n) is 5.28. The van der Waals surface area contributed by atoms with Crippen LogP contribution in [0.3, 0.4) is 0 Å². The van der Waals surface area contributed by atoms with Crippen LogP contribution in [0.5, 0.6) is 0 Å². The summed E-state index contributed by atoms with van der Waals surface area (Å²) in [4.78, 5) is 7.35. The quantitative estimate of drug-likeness (QED) is 0.849. The average Bonchev–Trinajstić information content (AvgIpc) is 3.28. The van der Waals surface area contributed by atoms with Gasteiger partial charge in [-0.25, -0.2) is 4.98 Å². The first-order valence-electron chi connectivity index (χ1n) is 7.80. The summed E-state index contributed by atoms with van der Waals surface area (Å²) in [5, 5.41) is 3.37. The number of nitrogens with zero attached hydrogens (tertiary/aromatic N) is 2. The Bertz CT molecular complexity index is 638. The highest BCUT2D eigenvalue weighted by molar-refractivity contribution is 7.14. The number of ether oxygens (including phenoxy) is 1. The van der Waals surface area contributed by atoms with Crippen molar-refractivity contribution in [1.29, 1.82) is 0 Å². The lowest BCUT2D eigenvalue weighted by molar-refractivity contribution is 0.0850. The summed E-state index contributed by atoms with van der Waals surface area (Å²) in [5.74, 6) is 1.49. The van der Waals surface area contributed by atoms with E-state index < -0.39 is 0 Å². The molecule has 0 spiro atoms. The molecule has 3 aliphatic heterocycles. The number of hydrogen-bond donors (Lipinski definition) is 0. The molecule has 0 unspecified atom stereocenters. The number of benzene rings is 1. The number of thiazole rings is 1. The Morgan fingerprint density at radius 2 is 1.76 bits per heavy atom. The lowest BCUT2D eigenvalue weighted by Crippen LogP contribution is -2.24. The van der Waals surface area contributed by atoms with Gasteiger partial charge in [0.15, 0.2) is 5.13 Å². The SMILES string of the molecule is c1ccc(-c2csc(N3C[C@@H]4[C@H](C3)[C@H]3CC[C@@H]4O3)n2)cc1. The first-order valence-corrected chi connectivity index (χ1v) is 8.68. The average molecular weight is 298 g/mol. The van der Waals surface area contributed by atoms with Gasteiger partial charge < -0.3 is 9.64 Å². The summed E-state index contributed by atoms with van der Waals surface area (Å²) in [6.45, 7) is 2.27. The molecule has 1 aromatic heterocycles. The minimum atomic E-state index is 0.526. The van der Waals surface area contributed by atoms with Crippen molar-refractivity contribution in [3.8, 4) is 11.3 Å². The lowest BCUT2D eigenvalue weighted by Gasteiger charge is -2.17. The van der Waals surface area contributed by atoms with Crippen molar-refractivity contribution >= 4 is 16.5 Å². The van der Waals surface area contributed by atoms with Crippen LogP contribution in [0.4, 0.5) is 5.13 Å². The van der Waals surface area contributed by atoms with Crippen LogP contribution in [0.1, 0.15) is 12.8 Å². The van der Waals surface area contributed by atoms with Crippen molar-refractivity contribution in [3.05, 3.63) is 35.7 Å². The van der Waals surface area contributed by atoms with Crippen molar-refractivity contribution < 1.29 is 4.74 Å². The van der Waals surface area contributed by atoms with Gasteiger partial charge in [0.2, 0.25) is 0 Å². The highest BCUT2D eigenvalue weighted by Gasteiger charge is 2.53. The topological polar surface area (TPSA) is 25.4 Å². The number of fused-ring (bicyclic) bond motifs is 5. The van der Waals surface area contributed by atoms with Crippen molar-refractivity contribution in [3.63, 3.8) is 0 Å². The first kappa shape index (κ1) is 12.2. The van der Waals surface area contributed by atoms with Crippen molar-refractivity contribution in [1.82, 2.24) is 4.98 Å². The molecule has 4 heterocycles. The fraction of sp³-hybridized carbons (Fsp3) is 0.471. The molecule has 0 N–H and O–H groups in total. The zero-order valence-corrected chi connectivity index (χ0v) is 12.6. The van der Waals surface area contributed by atoms with Gasteiger partial charge >= 0.3 is 0 Å². The number of aromatic nitrogens is 1. The minimum absolute atomic E-state index is 0.526. The monoisotopic (exact) mass is 298 g/mol. The molecule has 4 atom stereocenters. The van der Waals surface area contributed by atoms with Gasteiger partial charge in [0.25, 0.3) is 0 Å². The number of hydrogen-bond acceptors (Lipinski definition) is 4. The van der Waals surface area contributed by atoms with Gasteiger partial charge in [-0.1, -0.05) is 30.3 Å². The Morgan fingerprint density at radius 3 is 2.48 bits per heavy atom. The molecule has 3 aliphatic rings. The molecule has 2 bridgehead atoms. The normalized spacial score (nSPS) is 33.6. The van der Waals surface area contributed by atoms with Crippen molar-refractivity contribution in [2.45, 2.75) is 25.0 Å². The molecule has 1 aromatic carbocycles. The standard InChI is InChI=1S/C17H18N2OS/c1-2-4-11(5-3-1)14-10-21-17(18-14)19-8-12-13(9-19)16-7-6-15(12)20-16/h1-5,10,12-13,15-16H,6-9H2/t12-,13+,15+,16-. The van der Waals surface area contributed by atoms with Gasteiger partial charge in [-0.15, -0.1) is 11.3 Å². The first-order chi connectivity index (χ1) is 10.4. The molecule has 0 saturated carbocycles. The predicted octanol–water partition coefficient (Wildman–Crippen LogP) is 3.42. The summed E-state index contributed by atoms with van der Waals surface area (Å²) < 4.78 is 6.05. The second kappa shape index (κ2) is 4.55. The van der Waals surface area contributed by atoms with Gasteiger partial charge in [0.05, 0.1) is 17.9 Å². The van der Waals surface area contributed by atoms with E-state index in [1.54, 1.807) is 11.3 Å². The van der Waals surface area contributed by atoms with Gasteiger partial charge in [-0.2, -0.15) is 0 Å². The molecule has 5 rings (SSSR count). The van der Waals surface area contributed by atoms with E-state index in [-0.39, 0.29) is 0 Å². The molecule has 4 heteroatoms. The van der Waals surface area contributed by atoms with Gasteiger partial charge in [0.1, 0.15) is 0 Å². The maximum Gasteiger partial charge on any atom is 0.185 e. The van der Waals surface area contributed by atoms with Crippen LogP contribution in [-0.4, -0.2) is 30.3 Å². The Hall–Kier alpha value is -1.39. The molecule has 0 radical (unpaired) electrons. The highest BCUT2D eigenvalue weighted by Crippen LogP contribution is 2.48. The molecule has 21 heavy (non-hydrogen) atoms. The smallest absolute Gasteiger partial charge is 0.185 e. The molecule has 2 aromatic rings. The summed E-state index contributed by atoms with van der Waals surface area (Å²) >= 11 is 1.78. The zero-order chi connectivity index (χ0) is 13.8. The van der Waals surface area contributed by atoms with E-state index in [1.165, 1.54) is 23.5 Å². The summed E-state index contributed by atoms with van der Waals surface area (Å²) in [7, 11) is 0. The maximum atomic E-state index is 6.05. The van der Waals surface area contributed by atoms with Crippen LogP contribution < -0.4 is 4.90 Å². The largest absolute Gasteiger partial charge is 0.374 e. The van der Waals surface area contributed by atoms with E-state index in [0.29, 0.717) is 12.2 Å². The van der Waals surface area contributed by atoms with Crippen LogP contribution in [-0.2, 0) is 4.74 Å². The van der Waals surface area contributed by atoms with Crippen molar-refractivity contribution in [2.75, 3.05) is 18.0 Å². The summed E-state index contributed by atoms with van der Waals surface area (Å²) in [6.07, 6.45) is 3.59. The fourth-order valence-corrected chi connectivity index (χ4v) is 5.12. The van der Waals surface area contributed by atoms with Crippen LogP contribution in [0.25, 0.3) is 11.3 Å². The fourth-order valence-electron chi connectivity index (χ4n) is 4.27. The molecule has 3 nitrogen and oxygen atoms in total. The maximum absolute atomic E-state index is 6.05. The third-order valence-corrected chi connectivity index (χ3v) is 6.19. The van der Waals surface area contributed by atoms with Crippen LogP contribution in [0, 0.1) is 11.8 Å². The molecular formula is C17H18N2OS. The van der Waals surface area contributed by atoms with Crippen LogP contribution in [0.2, 0.25) is 0 Å². The number of anilines is 1. The van der Waals surface area contributed by atoms with E-state index >= 15 is 0 Å². The van der Waals surface area contributed by atoms with Gasteiger partial charge in [-0.3, -0.25) is 0 Å². The number of rotatable bonds is 2. The minimum Gasteiger partial charge on any atom is -0.374 e. The van der Waals surface area contributed by atoms with E-state index in [4.69, 9.17) is 9.72 Å². The molecule has 0 aliphatic carbocycles. The lowest BCUT2D eigenvalue weighted by atomic mass is 9.82. The Morgan fingerprint density at radius 1 is 1.05 bits per heavy atom. The molecule has 0 amide bonds. The summed E-state index contributed by atoms with van der Waals surface area (Å²) in [6, 6.07) is 10.5. The molecular weight excluding hydrogens is 280 g/mol. The summed E-state index contributed by atoms with van der Waals surface area (Å²) in [5.41, 5.74) is 2.31. The Balaban J connectivity index is 1.39. The Labute approximate surface area is 128 Å². The van der Waals surface area contributed by atoms with E-state index in [1.807, 2.05) is 6.07 Å². The highest BCUT2D eigenvalue weighted by atomic mass is 32.1. The zero-order valence-electron chi connectivity index (χ0n) is 11.8. The Kier molecular flexibility index (Phi) is 2.64. The molecule has 3 fully saturated rings. The van der Waals surface area contributed by atoms with E-state index in [2.05, 4.69) is 34.5 Å². The second-order valence-corrected chi connectivity index (χ2v) is 7.24. The second-order valence-electron chi connectivity index (χ2n) is 6.40. The molecule has 3 saturated heterocycles. The van der Waals surface area contributed by atoms with Gasteiger partial charge in [0, 0.05) is 35.9 Å². The molecule has 108 valence electrons. The van der Waals surface area contributed by atoms with E-state index in [0.717, 1.165) is 30.6 Å². The third kappa shape index (κ3) is 1.86.